The molecule has 0 fully saturated rings. The van der Waals surface area contributed by atoms with Crippen LogP contribution in [-0.2, 0) is 4.74 Å². The fourth-order valence-electron chi connectivity index (χ4n) is 2.66. The van der Waals surface area contributed by atoms with E-state index < -0.39 is 0 Å². The quantitative estimate of drug-likeness (QED) is 0.688. The zero-order valence-corrected chi connectivity index (χ0v) is 15.6. The smallest absolute Gasteiger partial charge is 0.337 e. The molecule has 5 nitrogen and oxygen atoms in total. The molecule has 0 aliphatic rings. The van der Waals surface area contributed by atoms with Gasteiger partial charge in [0.1, 0.15) is 5.75 Å². The van der Waals surface area contributed by atoms with Crippen molar-refractivity contribution in [3.05, 3.63) is 59.8 Å². The maximum atomic E-state index is 11.5. The zero-order valence-electron chi connectivity index (χ0n) is 14.9. The van der Waals surface area contributed by atoms with Crippen LogP contribution in [0.2, 0.25) is 0 Å². The van der Waals surface area contributed by atoms with Crippen molar-refractivity contribution in [1.82, 2.24) is 4.98 Å². The molecule has 2 aromatic carbocycles. The molecular formula is C20H20ClN2O3-. The Bertz CT molecular complexity index is 911. The number of carbonyl (C=O) groups is 1. The molecule has 0 spiro atoms. The monoisotopic (exact) mass is 371 g/mol. The maximum Gasteiger partial charge on any atom is 0.337 e. The number of fused-ring (bicyclic) bond motifs is 1. The highest BCUT2D eigenvalue weighted by atomic mass is 35.5. The van der Waals surface area contributed by atoms with Crippen LogP contribution in [0.1, 0.15) is 23.0 Å². The molecule has 0 aliphatic carbocycles. The molecular weight excluding hydrogens is 352 g/mol. The van der Waals surface area contributed by atoms with Gasteiger partial charge in [-0.05, 0) is 62.4 Å². The van der Waals surface area contributed by atoms with E-state index in [9.17, 15) is 4.79 Å². The molecule has 6 heteroatoms. The minimum atomic E-state index is -0.349. The number of anilines is 2. The van der Waals surface area contributed by atoms with E-state index in [1.807, 2.05) is 50.2 Å². The van der Waals surface area contributed by atoms with Gasteiger partial charge in [-0.3, -0.25) is 4.98 Å². The molecule has 1 aromatic heterocycles. The van der Waals surface area contributed by atoms with Crippen molar-refractivity contribution in [2.75, 3.05) is 19.0 Å². The molecule has 0 unspecified atom stereocenters. The predicted molar refractivity (Wildman–Crippen MR) is 98.7 cm³/mol. The first-order valence-electron chi connectivity index (χ1n) is 8.10. The number of carbonyl (C=O) groups excluding carboxylic acids is 1. The molecule has 0 radical (unpaired) electrons. The fraction of sp³-hybridized carbons (Fsp3) is 0.200. The molecule has 0 aliphatic heterocycles. The highest BCUT2D eigenvalue weighted by molar-refractivity contribution is 5.94. The molecule has 26 heavy (non-hydrogen) atoms. The summed E-state index contributed by atoms with van der Waals surface area (Å²) in [6.07, 6.45) is 0. The number of hydrogen-bond acceptors (Lipinski definition) is 5. The molecule has 1 N–H and O–H groups in total. The molecule has 0 atom stereocenters. The van der Waals surface area contributed by atoms with Crippen LogP contribution >= 0.6 is 0 Å². The number of nitrogens with zero attached hydrogens (tertiary/aromatic N) is 1. The Hall–Kier alpha value is -2.79. The molecule has 3 aromatic rings. The van der Waals surface area contributed by atoms with E-state index in [2.05, 4.69) is 10.3 Å². The van der Waals surface area contributed by atoms with Crippen LogP contribution in [0.3, 0.4) is 0 Å². The lowest BCUT2D eigenvalue weighted by Crippen LogP contribution is -3.00. The number of rotatable bonds is 5. The van der Waals surface area contributed by atoms with Crippen molar-refractivity contribution in [3.8, 4) is 5.75 Å². The van der Waals surface area contributed by atoms with Crippen LogP contribution in [0.15, 0.2) is 48.5 Å². The number of ether oxygens (including phenoxy) is 2. The molecule has 3 rings (SSSR count). The largest absolute Gasteiger partial charge is 1.00 e. The normalized spacial score (nSPS) is 10.1. The lowest BCUT2D eigenvalue weighted by Gasteiger charge is -2.12. The van der Waals surface area contributed by atoms with Crippen LogP contribution in [0, 0.1) is 6.92 Å². The van der Waals surface area contributed by atoms with E-state index in [1.165, 1.54) is 7.11 Å². The Morgan fingerprint density at radius 1 is 1.12 bits per heavy atom. The van der Waals surface area contributed by atoms with Gasteiger partial charge in [-0.25, -0.2) is 4.79 Å². The summed E-state index contributed by atoms with van der Waals surface area (Å²) in [5.41, 5.74) is 4.15. The number of pyridine rings is 1. The van der Waals surface area contributed by atoms with Gasteiger partial charge in [-0.15, -0.1) is 0 Å². The van der Waals surface area contributed by atoms with Crippen molar-refractivity contribution < 1.29 is 26.7 Å². The van der Waals surface area contributed by atoms with Crippen molar-refractivity contribution in [1.29, 1.82) is 0 Å². The number of esters is 1. The summed E-state index contributed by atoms with van der Waals surface area (Å²) in [5.74, 6) is 0.461. The summed E-state index contributed by atoms with van der Waals surface area (Å²) < 4.78 is 10.3. The van der Waals surface area contributed by atoms with Gasteiger partial charge in [0.05, 0.1) is 24.8 Å². The second kappa shape index (κ2) is 8.54. The number of aryl methyl sites for hydroxylation is 1. The Balaban J connectivity index is 0.00000243. The van der Waals surface area contributed by atoms with Gasteiger partial charge in [0.25, 0.3) is 0 Å². The third-order valence-corrected chi connectivity index (χ3v) is 3.80. The van der Waals surface area contributed by atoms with Crippen LogP contribution in [-0.4, -0.2) is 24.7 Å². The summed E-state index contributed by atoms with van der Waals surface area (Å²) in [7, 11) is 1.37. The molecule has 0 saturated heterocycles. The van der Waals surface area contributed by atoms with Gasteiger partial charge in [0.2, 0.25) is 0 Å². The molecule has 0 saturated carbocycles. The average molecular weight is 372 g/mol. The lowest BCUT2D eigenvalue weighted by atomic mass is 10.1. The van der Waals surface area contributed by atoms with Gasteiger partial charge in [-0.2, -0.15) is 0 Å². The van der Waals surface area contributed by atoms with Crippen molar-refractivity contribution in [2.24, 2.45) is 0 Å². The van der Waals surface area contributed by atoms with Crippen LogP contribution in [0.4, 0.5) is 11.4 Å². The second-order valence-corrected chi connectivity index (χ2v) is 5.62. The topological polar surface area (TPSA) is 60.5 Å². The summed E-state index contributed by atoms with van der Waals surface area (Å²) in [5, 5.41) is 4.37. The number of halogens is 1. The highest BCUT2D eigenvalue weighted by Gasteiger charge is 2.08. The minimum absolute atomic E-state index is 0. The van der Waals surface area contributed by atoms with Crippen LogP contribution < -0.4 is 22.5 Å². The maximum absolute atomic E-state index is 11.5. The number of benzene rings is 2. The van der Waals surface area contributed by atoms with Gasteiger partial charge in [0, 0.05) is 22.5 Å². The number of nitrogens with one attached hydrogen (secondary N) is 1. The SMILES string of the molecule is CCOc1ccc2nc(C)cc(Nc3ccc(C(=O)OC)cc3)c2c1.[Cl-]. The predicted octanol–water partition coefficient (Wildman–Crippen LogP) is 1.48. The zero-order chi connectivity index (χ0) is 17.8. The Kier molecular flexibility index (Phi) is 6.41. The van der Waals surface area contributed by atoms with Crippen molar-refractivity contribution in [2.45, 2.75) is 13.8 Å². The van der Waals surface area contributed by atoms with E-state index in [4.69, 9.17) is 9.47 Å². The lowest BCUT2D eigenvalue weighted by molar-refractivity contribution is -0.0000203. The van der Waals surface area contributed by atoms with Gasteiger partial charge >= 0.3 is 5.97 Å². The van der Waals surface area contributed by atoms with Crippen LogP contribution in [0.5, 0.6) is 5.75 Å². The summed E-state index contributed by atoms with van der Waals surface area (Å²) in [6, 6.07) is 15.0. The van der Waals surface area contributed by atoms with E-state index in [0.29, 0.717) is 12.2 Å². The summed E-state index contributed by atoms with van der Waals surface area (Å²) >= 11 is 0. The van der Waals surface area contributed by atoms with E-state index in [0.717, 1.165) is 33.7 Å². The van der Waals surface area contributed by atoms with E-state index in [1.54, 1.807) is 12.1 Å². The highest BCUT2D eigenvalue weighted by Crippen LogP contribution is 2.29. The number of methoxy groups -OCH3 is 1. The fourth-order valence-corrected chi connectivity index (χ4v) is 2.66. The summed E-state index contributed by atoms with van der Waals surface area (Å²) in [6.45, 7) is 4.53. The first kappa shape index (κ1) is 19.5. The third-order valence-electron chi connectivity index (χ3n) is 3.80. The standard InChI is InChI=1S/C20H20N2O3.ClH/c1-4-25-16-9-10-18-17(12-16)19(11-13(2)21-18)22-15-7-5-14(6-8-15)20(23)24-3;/h5-12H,4H2,1-3H3,(H,21,22);1H/p-1. The van der Waals surface area contributed by atoms with Crippen molar-refractivity contribution >= 4 is 28.2 Å². The Labute approximate surface area is 158 Å². The van der Waals surface area contributed by atoms with Gasteiger partial charge in [0.15, 0.2) is 0 Å². The molecule has 0 amide bonds. The van der Waals surface area contributed by atoms with Crippen molar-refractivity contribution in [3.63, 3.8) is 0 Å². The second-order valence-electron chi connectivity index (χ2n) is 5.62. The average Bonchev–Trinajstić information content (AvgIpc) is 2.62. The third kappa shape index (κ3) is 4.24. The Morgan fingerprint density at radius 3 is 2.50 bits per heavy atom. The molecule has 136 valence electrons. The first-order valence-corrected chi connectivity index (χ1v) is 8.10. The van der Waals surface area contributed by atoms with E-state index in [-0.39, 0.29) is 18.4 Å². The Morgan fingerprint density at radius 2 is 1.85 bits per heavy atom. The first-order chi connectivity index (χ1) is 12.1. The van der Waals surface area contributed by atoms with Gasteiger partial charge < -0.3 is 27.2 Å². The summed E-state index contributed by atoms with van der Waals surface area (Å²) in [4.78, 5) is 16.1. The van der Waals surface area contributed by atoms with E-state index >= 15 is 0 Å². The molecule has 0 bridgehead atoms. The minimum Gasteiger partial charge on any atom is -1.00 e. The van der Waals surface area contributed by atoms with Gasteiger partial charge in [-0.1, -0.05) is 0 Å². The number of hydrogen-bond donors (Lipinski definition) is 1. The van der Waals surface area contributed by atoms with Crippen LogP contribution in [0.25, 0.3) is 10.9 Å². The molecule has 1 heterocycles. The number of aromatic nitrogens is 1.